The largest absolute Gasteiger partial charge is 0.496 e. The molecule has 36 heavy (non-hydrogen) atoms. The van der Waals surface area contributed by atoms with Crippen LogP contribution in [-0.2, 0) is 11.2 Å². The molecule has 1 spiro atoms. The number of allylic oxidation sites excluding steroid dienone is 1. The Kier molecular flexibility index (Phi) is 6.44. The van der Waals surface area contributed by atoms with E-state index < -0.39 is 23.1 Å². The molecule has 3 aromatic rings. The van der Waals surface area contributed by atoms with Crippen LogP contribution in [0.1, 0.15) is 29.4 Å². The van der Waals surface area contributed by atoms with Crippen molar-refractivity contribution in [2.75, 3.05) is 20.8 Å². The number of halogens is 1. The van der Waals surface area contributed by atoms with Crippen LogP contribution < -0.4 is 19.5 Å². The third kappa shape index (κ3) is 3.92. The number of hydrogen-bond donors (Lipinski definition) is 1. The maximum Gasteiger partial charge on any atom is 0.236 e. The summed E-state index contributed by atoms with van der Waals surface area (Å²) in [7, 11) is 2.90. The standard InChI is InChI=1S/C26H24ClN3O5S/c1-14-9-17(29-8-6-16-13-36-25(30-16)15-5-4-7-28-12-15)10-20(31)26(14)24(32)21-18(33-2)11-19(34-3)22(27)23(21)35-26/h4-5,7,10-14,29H,6,8-9H2,1-3H3. The highest BCUT2D eigenvalue weighted by Crippen LogP contribution is 2.52. The summed E-state index contributed by atoms with van der Waals surface area (Å²) in [6.45, 7) is 2.43. The van der Waals surface area contributed by atoms with Crippen molar-refractivity contribution in [2.24, 2.45) is 5.92 Å². The van der Waals surface area contributed by atoms with Gasteiger partial charge in [0.25, 0.3) is 0 Å². The lowest BCUT2D eigenvalue weighted by Gasteiger charge is -2.35. The van der Waals surface area contributed by atoms with Gasteiger partial charge in [0.15, 0.2) is 5.75 Å². The molecule has 1 aromatic carbocycles. The minimum atomic E-state index is -1.68. The Bertz CT molecular complexity index is 1370. The van der Waals surface area contributed by atoms with E-state index in [-0.39, 0.29) is 22.1 Å². The zero-order valence-corrected chi connectivity index (χ0v) is 21.5. The molecule has 1 aliphatic heterocycles. The second-order valence-electron chi connectivity index (χ2n) is 8.67. The average molecular weight is 526 g/mol. The number of benzene rings is 1. The molecule has 0 saturated heterocycles. The number of carbonyl (C=O) groups excluding carboxylic acids is 2. The quantitative estimate of drug-likeness (QED) is 0.450. The van der Waals surface area contributed by atoms with E-state index in [9.17, 15) is 9.59 Å². The van der Waals surface area contributed by atoms with Crippen LogP contribution in [0, 0.1) is 5.92 Å². The van der Waals surface area contributed by atoms with Gasteiger partial charge < -0.3 is 19.5 Å². The van der Waals surface area contributed by atoms with Crippen molar-refractivity contribution in [1.82, 2.24) is 15.3 Å². The summed E-state index contributed by atoms with van der Waals surface area (Å²) in [5.41, 5.74) is 1.19. The van der Waals surface area contributed by atoms with Crippen molar-refractivity contribution in [1.29, 1.82) is 0 Å². The van der Waals surface area contributed by atoms with Crippen LogP contribution in [0.2, 0.25) is 5.02 Å². The highest BCUT2D eigenvalue weighted by atomic mass is 35.5. The lowest BCUT2D eigenvalue weighted by molar-refractivity contribution is -0.129. The van der Waals surface area contributed by atoms with Crippen LogP contribution in [0.5, 0.6) is 17.2 Å². The molecule has 2 aliphatic rings. The first-order valence-corrected chi connectivity index (χ1v) is 12.7. The average Bonchev–Trinajstić information content (AvgIpc) is 3.48. The van der Waals surface area contributed by atoms with Gasteiger partial charge >= 0.3 is 0 Å². The molecule has 0 amide bonds. The minimum Gasteiger partial charge on any atom is -0.496 e. The maximum atomic E-state index is 13.6. The number of aromatic nitrogens is 2. The molecule has 2 aromatic heterocycles. The Labute approximate surface area is 217 Å². The second-order valence-corrected chi connectivity index (χ2v) is 9.90. The van der Waals surface area contributed by atoms with Crippen molar-refractivity contribution < 1.29 is 23.8 Å². The minimum absolute atomic E-state index is 0.121. The van der Waals surface area contributed by atoms with Crippen LogP contribution in [0.15, 0.2) is 47.7 Å². The lowest BCUT2D eigenvalue weighted by Crippen LogP contribution is -2.55. The van der Waals surface area contributed by atoms with E-state index in [1.165, 1.54) is 26.4 Å². The number of thiazole rings is 1. The zero-order chi connectivity index (χ0) is 25.4. The number of rotatable bonds is 7. The van der Waals surface area contributed by atoms with E-state index in [0.29, 0.717) is 25.1 Å². The van der Waals surface area contributed by atoms with Gasteiger partial charge in [-0.2, -0.15) is 0 Å². The predicted molar refractivity (Wildman–Crippen MR) is 136 cm³/mol. The molecule has 10 heteroatoms. The van der Waals surface area contributed by atoms with E-state index in [2.05, 4.69) is 15.3 Å². The Morgan fingerprint density at radius 3 is 2.78 bits per heavy atom. The molecular formula is C26H24ClN3O5S. The predicted octanol–water partition coefficient (Wildman–Crippen LogP) is 4.51. The molecule has 2 unspecified atom stereocenters. The number of methoxy groups -OCH3 is 2. The third-order valence-electron chi connectivity index (χ3n) is 6.50. The monoisotopic (exact) mass is 525 g/mol. The van der Waals surface area contributed by atoms with Crippen LogP contribution in [0.3, 0.4) is 0 Å². The number of ketones is 2. The van der Waals surface area contributed by atoms with Crippen LogP contribution >= 0.6 is 22.9 Å². The molecule has 3 heterocycles. The van der Waals surface area contributed by atoms with E-state index in [4.69, 9.17) is 25.8 Å². The van der Waals surface area contributed by atoms with Crippen molar-refractivity contribution in [3.05, 3.63) is 64.0 Å². The Hall–Kier alpha value is -3.43. The van der Waals surface area contributed by atoms with E-state index >= 15 is 0 Å². The number of Topliss-reactive ketones (excluding diaryl/α,β-unsaturated/α-hetero) is 1. The van der Waals surface area contributed by atoms with E-state index in [1.807, 2.05) is 24.4 Å². The van der Waals surface area contributed by atoms with Gasteiger partial charge in [0.2, 0.25) is 17.2 Å². The Morgan fingerprint density at radius 2 is 2.08 bits per heavy atom. The van der Waals surface area contributed by atoms with Gasteiger partial charge in [0.1, 0.15) is 27.1 Å². The molecule has 0 bridgehead atoms. The highest BCUT2D eigenvalue weighted by molar-refractivity contribution is 7.13. The van der Waals surface area contributed by atoms with Gasteiger partial charge in [0, 0.05) is 60.1 Å². The van der Waals surface area contributed by atoms with Gasteiger partial charge in [-0.15, -0.1) is 11.3 Å². The normalized spacial score (nSPS) is 20.7. The molecule has 0 fully saturated rings. The summed E-state index contributed by atoms with van der Waals surface area (Å²) in [4.78, 5) is 35.8. The summed E-state index contributed by atoms with van der Waals surface area (Å²) in [5, 5.41) is 6.41. The number of fused-ring (bicyclic) bond motifs is 1. The number of hydrogen-bond acceptors (Lipinski definition) is 9. The Morgan fingerprint density at radius 1 is 1.28 bits per heavy atom. The fraction of sp³-hybridized carbons (Fsp3) is 0.308. The summed E-state index contributed by atoms with van der Waals surface area (Å²) < 4.78 is 16.8. The lowest BCUT2D eigenvalue weighted by atomic mass is 9.74. The fourth-order valence-electron chi connectivity index (χ4n) is 4.65. The van der Waals surface area contributed by atoms with Crippen molar-refractivity contribution in [2.45, 2.75) is 25.4 Å². The molecule has 0 saturated carbocycles. The Balaban J connectivity index is 1.31. The fourth-order valence-corrected chi connectivity index (χ4v) is 5.76. The molecule has 2 atom stereocenters. The molecule has 1 aliphatic carbocycles. The SMILES string of the molecule is COc1cc(OC)c2c(c1Cl)OC1(C(=O)C=C(NCCc3csc(-c4cccnc4)n3)CC1C)C2=O. The summed E-state index contributed by atoms with van der Waals surface area (Å²) in [6, 6.07) is 5.39. The molecule has 8 nitrogen and oxygen atoms in total. The van der Waals surface area contributed by atoms with Crippen LogP contribution in [0.4, 0.5) is 0 Å². The van der Waals surface area contributed by atoms with Crippen molar-refractivity contribution >= 4 is 34.5 Å². The number of nitrogens with one attached hydrogen (secondary N) is 1. The number of carbonyl (C=O) groups is 2. The van der Waals surface area contributed by atoms with Crippen LogP contribution in [0.25, 0.3) is 10.6 Å². The molecule has 5 rings (SSSR count). The summed E-state index contributed by atoms with van der Waals surface area (Å²) in [5.74, 6) is -0.613. The van der Waals surface area contributed by atoms with Gasteiger partial charge in [-0.3, -0.25) is 14.6 Å². The van der Waals surface area contributed by atoms with Crippen LogP contribution in [-0.4, -0.2) is 47.9 Å². The topological polar surface area (TPSA) is 99.6 Å². The first-order valence-electron chi connectivity index (χ1n) is 11.4. The third-order valence-corrected chi connectivity index (χ3v) is 7.80. The number of pyridine rings is 1. The van der Waals surface area contributed by atoms with E-state index in [0.717, 1.165) is 22.0 Å². The summed E-state index contributed by atoms with van der Waals surface area (Å²) in [6.07, 6.45) is 6.14. The number of nitrogens with zero attached hydrogens (tertiary/aromatic N) is 2. The smallest absolute Gasteiger partial charge is 0.236 e. The first kappa shape index (κ1) is 24.3. The maximum absolute atomic E-state index is 13.6. The molecule has 1 N–H and O–H groups in total. The van der Waals surface area contributed by atoms with E-state index in [1.54, 1.807) is 23.7 Å². The molecule has 186 valence electrons. The second kappa shape index (κ2) is 9.55. The van der Waals surface area contributed by atoms with Gasteiger partial charge in [0.05, 0.1) is 19.9 Å². The highest BCUT2D eigenvalue weighted by Gasteiger charge is 2.60. The number of ether oxygens (including phenoxy) is 3. The molecular weight excluding hydrogens is 502 g/mol. The summed E-state index contributed by atoms with van der Waals surface area (Å²) >= 11 is 8.01. The van der Waals surface area contributed by atoms with Gasteiger partial charge in [-0.25, -0.2) is 4.98 Å². The van der Waals surface area contributed by atoms with Crippen molar-refractivity contribution in [3.63, 3.8) is 0 Å². The van der Waals surface area contributed by atoms with Gasteiger partial charge in [-0.1, -0.05) is 18.5 Å². The zero-order valence-electron chi connectivity index (χ0n) is 20.0. The first-order chi connectivity index (χ1) is 17.4. The molecule has 0 radical (unpaired) electrons. The van der Waals surface area contributed by atoms with Crippen molar-refractivity contribution in [3.8, 4) is 27.8 Å². The van der Waals surface area contributed by atoms with Gasteiger partial charge in [-0.05, 0) is 18.6 Å².